The minimum Gasteiger partial charge on any atom is -0.384 e. The minimum absolute atomic E-state index is 0.111. The Morgan fingerprint density at radius 2 is 2.10 bits per heavy atom. The van der Waals surface area contributed by atoms with Crippen molar-refractivity contribution in [1.29, 1.82) is 0 Å². The molecule has 2 aromatic rings. The van der Waals surface area contributed by atoms with Crippen LogP contribution < -0.4 is 5.32 Å². The highest BCUT2D eigenvalue weighted by atomic mass is 79.9. The van der Waals surface area contributed by atoms with E-state index < -0.39 is 0 Å². The molecule has 0 fully saturated rings. The van der Waals surface area contributed by atoms with E-state index in [-0.39, 0.29) is 23.9 Å². The van der Waals surface area contributed by atoms with Gasteiger partial charge in [0.15, 0.2) is 0 Å². The zero-order chi connectivity index (χ0) is 14.1. The highest BCUT2D eigenvalue weighted by Gasteiger charge is 2.27. The van der Waals surface area contributed by atoms with Crippen LogP contribution in [0.1, 0.15) is 17.0 Å². The molecule has 1 aliphatic rings. The molecular formula is C16H13BrFNO. The Hall–Kier alpha value is -1.68. The predicted molar refractivity (Wildman–Crippen MR) is 80.5 cm³/mol. The maximum Gasteiger partial charge on any atom is 0.146 e. The van der Waals surface area contributed by atoms with Gasteiger partial charge in [-0.2, -0.15) is 0 Å². The normalized spacial score (nSPS) is 16.6. The smallest absolute Gasteiger partial charge is 0.146 e. The number of hydrogen-bond acceptors (Lipinski definition) is 2. The van der Waals surface area contributed by atoms with Crippen LogP contribution in [0, 0.1) is 5.82 Å². The lowest BCUT2D eigenvalue weighted by molar-refractivity contribution is -0.119. The number of carbonyl (C=O) groups excluding carboxylic acids is 1. The third-order valence-corrected chi connectivity index (χ3v) is 3.98. The number of rotatable bonds is 3. The monoisotopic (exact) mass is 333 g/mol. The van der Waals surface area contributed by atoms with Gasteiger partial charge in [-0.25, -0.2) is 4.39 Å². The number of ketones is 1. The van der Waals surface area contributed by atoms with Crippen molar-refractivity contribution in [2.45, 2.75) is 12.3 Å². The Kier molecular flexibility index (Phi) is 3.57. The van der Waals surface area contributed by atoms with E-state index in [1.165, 1.54) is 12.1 Å². The van der Waals surface area contributed by atoms with E-state index in [1.807, 2.05) is 24.3 Å². The van der Waals surface area contributed by atoms with E-state index in [9.17, 15) is 9.18 Å². The molecule has 1 unspecified atom stereocenters. The van der Waals surface area contributed by atoms with Crippen LogP contribution >= 0.6 is 15.9 Å². The number of para-hydroxylation sites is 1. The second kappa shape index (κ2) is 5.37. The third kappa shape index (κ3) is 2.61. The van der Waals surface area contributed by atoms with E-state index >= 15 is 0 Å². The molecule has 0 saturated heterocycles. The van der Waals surface area contributed by atoms with Crippen LogP contribution in [-0.4, -0.2) is 12.3 Å². The van der Waals surface area contributed by atoms with E-state index in [0.717, 1.165) is 11.3 Å². The van der Waals surface area contributed by atoms with Crippen molar-refractivity contribution in [2.24, 2.45) is 0 Å². The Labute approximate surface area is 125 Å². The summed E-state index contributed by atoms with van der Waals surface area (Å²) in [6.07, 6.45) is 0.247. The summed E-state index contributed by atoms with van der Waals surface area (Å²) >= 11 is 3.25. The summed E-state index contributed by atoms with van der Waals surface area (Å²) in [5, 5.41) is 3.24. The topological polar surface area (TPSA) is 29.1 Å². The molecule has 2 aromatic carbocycles. The lowest BCUT2D eigenvalue weighted by atomic mass is 9.93. The van der Waals surface area contributed by atoms with E-state index in [1.54, 1.807) is 6.07 Å². The highest BCUT2D eigenvalue weighted by Crippen LogP contribution is 2.32. The third-order valence-electron chi connectivity index (χ3n) is 3.52. The van der Waals surface area contributed by atoms with Crippen molar-refractivity contribution >= 4 is 27.4 Å². The van der Waals surface area contributed by atoms with Crippen molar-refractivity contribution in [3.05, 3.63) is 63.9 Å². The van der Waals surface area contributed by atoms with Gasteiger partial charge in [0.1, 0.15) is 11.6 Å². The van der Waals surface area contributed by atoms with Crippen molar-refractivity contribution in [3.8, 4) is 0 Å². The van der Waals surface area contributed by atoms with Gasteiger partial charge < -0.3 is 5.32 Å². The number of carbonyl (C=O) groups is 1. The van der Waals surface area contributed by atoms with Crippen LogP contribution in [0.15, 0.2) is 46.9 Å². The van der Waals surface area contributed by atoms with Crippen molar-refractivity contribution in [3.63, 3.8) is 0 Å². The minimum atomic E-state index is -0.327. The summed E-state index contributed by atoms with van der Waals surface area (Å²) in [6, 6.07) is 12.4. The summed E-state index contributed by atoms with van der Waals surface area (Å²) in [5.74, 6) is -0.361. The Morgan fingerprint density at radius 1 is 1.30 bits per heavy atom. The van der Waals surface area contributed by atoms with E-state index in [4.69, 9.17) is 0 Å². The SMILES string of the molecule is O=C(Cc1cc(F)cc(Br)c1)C1CNc2ccccc21. The highest BCUT2D eigenvalue weighted by molar-refractivity contribution is 9.10. The largest absolute Gasteiger partial charge is 0.384 e. The Morgan fingerprint density at radius 3 is 2.90 bits per heavy atom. The molecular weight excluding hydrogens is 321 g/mol. The molecule has 0 amide bonds. The molecule has 20 heavy (non-hydrogen) atoms. The van der Waals surface area contributed by atoms with Crippen LogP contribution in [-0.2, 0) is 11.2 Å². The van der Waals surface area contributed by atoms with Crippen molar-refractivity contribution < 1.29 is 9.18 Å². The lowest BCUT2D eigenvalue weighted by Crippen LogP contribution is -2.16. The fourth-order valence-corrected chi connectivity index (χ4v) is 3.12. The molecule has 0 radical (unpaired) electrons. The summed E-state index contributed by atoms with van der Waals surface area (Å²) < 4.78 is 14.0. The maximum absolute atomic E-state index is 13.3. The number of anilines is 1. The first-order valence-corrected chi connectivity index (χ1v) is 7.23. The quantitative estimate of drug-likeness (QED) is 0.922. The van der Waals surface area contributed by atoms with Crippen molar-refractivity contribution in [2.75, 3.05) is 11.9 Å². The molecule has 2 nitrogen and oxygen atoms in total. The summed E-state index contributed by atoms with van der Waals surface area (Å²) in [6.45, 7) is 0.620. The standard InChI is InChI=1S/C16H13BrFNO/c17-11-5-10(6-12(18)8-11)7-16(20)14-9-19-15-4-2-1-3-13(14)15/h1-6,8,14,19H,7,9H2. The molecule has 3 rings (SSSR count). The predicted octanol–water partition coefficient (Wildman–Crippen LogP) is 3.91. The van der Waals surface area contributed by atoms with Crippen LogP contribution in [0.25, 0.3) is 0 Å². The second-order valence-electron chi connectivity index (χ2n) is 4.94. The average molecular weight is 334 g/mol. The molecule has 0 aromatic heterocycles. The van der Waals surface area contributed by atoms with Gasteiger partial charge >= 0.3 is 0 Å². The number of halogens is 2. The van der Waals surface area contributed by atoms with Gasteiger partial charge in [-0.1, -0.05) is 34.1 Å². The van der Waals surface area contributed by atoms with Gasteiger partial charge in [-0.3, -0.25) is 4.79 Å². The first kappa shape index (κ1) is 13.3. The molecule has 1 heterocycles. The van der Waals surface area contributed by atoms with Crippen LogP contribution in [0.2, 0.25) is 0 Å². The van der Waals surface area contributed by atoms with Crippen LogP contribution in [0.4, 0.5) is 10.1 Å². The van der Waals surface area contributed by atoms with Gasteiger partial charge in [-0.05, 0) is 35.4 Å². The zero-order valence-corrected chi connectivity index (χ0v) is 12.3. The Balaban J connectivity index is 1.81. The molecule has 0 spiro atoms. The first-order chi connectivity index (χ1) is 9.63. The maximum atomic E-state index is 13.3. The van der Waals surface area contributed by atoms with Gasteiger partial charge in [0.25, 0.3) is 0 Å². The van der Waals surface area contributed by atoms with Crippen LogP contribution in [0.3, 0.4) is 0 Å². The molecule has 0 aliphatic carbocycles. The molecule has 4 heteroatoms. The van der Waals surface area contributed by atoms with Gasteiger partial charge in [0, 0.05) is 23.1 Å². The fourth-order valence-electron chi connectivity index (χ4n) is 2.61. The van der Waals surface area contributed by atoms with Gasteiger partial charge in [0.2, 0.25) is 0 Å². The van der Waals surface area contributed by atoms with Gasteiger partial charge in [-0.15, -0.1) is 0 Å². The molecule has 1 aliphatic heterocycles. The second-order valence-corrected chi connectivity index (χ2v) is 5.86. The number of fused-ring (bicyclic) bond motifs is 1. The summed E-state index contributed by atoms with van der Waals surface area (Å²) in [4.78, 5) is 12.4. The average Bonchev–Trinajstić information content (AvgIpc) is 2.81. The van der Waals surface area contributed by atoms with Crippen molar-refractivity contribution in [1.82, 2.24) is 0 Å². The molecule has 0 bridgehead atoms. The van der Waals surface area contributed by atoms with E-state index in [0.29, 0.717) is 16.6 Å². The number of hydrogen-bond donors (Lipinski definition) is 1. The zero-order valence-electron chi connectivity index (χ0n) is 10.7. The molecule has 102 valence electrons. The van der Waals surface area contributed by atoms with Gasteiger partial charge in [0.05, 0.1) is 5.92 Å². The number of Topliss-reactive ketones (excluding diaryl/α,β-unsaturated/α-hetero) is 1. The van der Waals surface area contributed by atoms with E-state index in [2.05, 4.69) is 21.2 Å². The number of benzene rings is 2. The molecule has 1 atom stereocenters. The fraction of sp³-hybridized carbons (Fsp3) is 0.188. The summed E-state index contributed by atoms with van der Waals surface area (Å²) in [5.41, 5.74) is 2.76. The Bertz CT molecular complexity index is 651. The summed E-state index contributed by atoms with van der Waals surface area (Å²) in [7, 11) is 0. The molecule has 0 saturated carbocycles. The molecule has 1 N–H and O–H groups in total. The number of nitrogens with one attached hydrogen (secondary N) is 1. The van der Waals surface area contributed by atoms with Crippen LogP contribution in [0.5, 0.6) is 0 Å². The first-order valence-electron chi connectivity index (χ1n) is 6.44. The lowest BCUT2D eigenvalue weighted by Gasteiger charge is -2.09.